The summed E-state index contributed by atoms with van der Waals surface area (Å²) in [6.45, 7) is 7.41. The van der Waals surface area contributed by atoms with Gasteiger partial charge >= 0.3 is 0 Å². The number of nitrogens with zero attached hydrogens (tertiary/aromatic N) is 1. The Morgan fingerprint density at radius 2 is 2.07 bits per heavy atom. The van der Waals surface area contributed by atoms with Crippen LogP contribution in [0.4, 0.5) is 0 Å². The number of carbonyl (C=O) groups excluding carboxylic acids is 1. The number of aliphatic hydroxyl groups is 1. The van der Waals surface area contributed by atoms with Gasteiger partial charge in [-0.1, -0.05) is 25.1 Å². The van der Waals surface area contributed by atoms with E-state index < -0.39 is 5.60 Å². The molecule has 0 aromatic heterocycles. The van der Waals surface area contributed by atoms with Crippen LogP contribution in [0.3, 0.4) is 0 Å². The molecule has 3 aliphatic heterocycles. The topological polar surface area (TPSA) is 71.0 Å². The van der Waals surface area contributed by atoms with E-state index in [9.17, 15) is 9.90 Å². The molecule has 0 radical (unpaired) electrons. The van der Waals surface area contributed by atoms with Crippen molar-refractivity contribution in [2.24, 2.45) is 0 Å². The Bertz CT molecular complexity index is 781. The van der Waals surface area contributed by atoms with Gasteiger partial charge in [-0.15, -0.1) is 0 Å². The molecule has 0 unspecified atom stereocenters. The molecule has 29 heavy (non-hydrogen) atoms. The molecule has 3 heterocycles. The lowest BCUT2D eigenvalue weighted by Crippen LogP contribution is -2.63. The molecule has 6 heteroatoms. The molecule has 2 atom stereocenters. The molecule has 1 amide bonds. The molecule has 1 aromatic rings. The van der Waals surface area contributed by atoms with Gasteiger partial charge in [0.25, 0.3) is 0 Å². The van der Waals surface area contributed by atoms with E-state index in [2.05, 4.69) is 22.4 Å². The number of benzene rings is 1. The molecule has 1 aromatic carbocycles. The van der Waals surface area contributed by atoms with E-state index >= 15 is 0 Å². The van der Waals surface area contributed by atoms with Crippen LogP contribution in [0.5, 0.6) is 5.75 Å². The van der Waals surface area contributed by atoms with Crippen LogP contribution in [0.1, 0.15) is 45.1 Å². The zero-order valence-corrected chi connectivity index (χ0v) is 17.4. The van der Waals surface area contributed by atoms with Gasteiger partial charge in [0.05, 0.1) is 23.9 Å². The fraction of sp³-hybridized carbons (Fsp3) is 0.609. The van der Waals surface area contributed by atoms with E-state index in [-0.39, 0.29) is 17.6 Å². The highest BCUT2D eigenvalue weighted by Gasteiger charge is 2.49. The molecule has 1 spiro atoms. The van der Waals surface area contributed by atoms with Gasteiger partial charge in [-0.3, -0.25) is 9.69 Å². The van der Waals surface area contributed by atoms with Gasteiger partial charge in [-0.2, -0.15) is 0 Å². The minimum atomic E-state index is -0.950. The van der Waals surface area contributed by atoms with Crippen molar-refractivity contribution >= 4 is 12.0 Å². The van der Waals surface area contributed by atoms with Crippen LogP contribution in [0.25, 0.3) is 6.08 Å². The number of likely N-dealkylation sites (tertiary alicyclic amines) is 1. The summed E-state index contributed by atoms with van der Waals surface area (Å²) in [5.41, 5.74) is 1.19. The highest BCUT2D eigenvalue weighted by Crippen LogP contribution is 2.40. The maximum atomic E-state index is 11.7. The van der Waals surface area contributed by atoms with Gasteiger partial charge in [0.1, 0.15) is 12.4 Å². The largest absolute Gasteiger partial charge is 0.489 e. The van der Waals surface area contributed by atoms with Crippen LogP contribution in [0.15, 0.2) is 29.8 Å². The quantitative estimate of drug-likeness (QED) is 0.812. The summed E-state index contributed by atoms with van der Waals surface area (Å²) in [5, 5.41) is 13.9. The molecule has 2 N–H and O–H groups in total. The average molecular weight is 401 g/mol. The summed E-state index contributed by atoms with van der Waals surface area (Å²) in [4.78, 5) is 14.2. The van der Waals surface area contributed by atoms with Crippen molar-refractivity contribution in [3.05, 3.63) is 35.4 Å². The highest BCUT2D eigenvalue weighted by atomic mass is 16.5. The lowest BCUT2D eigenvalue weighted by Gasteiger charge is -2.51. The summed E-state index contributed by atoms with van der Waals surface area (Å²) in [5.74, 6) is 0.908. The van der Waals surface area contributed by atoms with Gasteiger partial charge in [-0.05, 0) is 37.5 Å². The minimum absolute atomic E-state index is 0.0470. The van der Waals surface area contributed by atoms with Gasteiger partial charge < -0.3 is 19.9 Å². The van der Waals surface area contributed by atoms with Crippen LogP contribution in [0, 0.1) is 0 Å². The lowest BCUT2D eigenvalue weighted by atomic mass is 9.75. The molecule has 0 saturated carbocycles. The number of rotatable bonds is 4. The number of para-hydroxylation sites is 1. The molecule has 0 bridgehead atoms. The van der Waals surface area contributed by atoms with Crippen LogP contribution in [-0.2, 0) is 9.53 Å². The maximum absolute atomic E-state index is 11.7. The fourth-order valence-electron chi connectivity index (χ4n) is 4.74. The number of ether oxygens (including phenoxy) is 2. The number of nitrogens with one attached hydrogen (secondary N) is 1. The van der Waals surface area contributed by atoms with Gasteiger partial charge in [-0.25, -0.2) is 0 Å². The first-order valence-corrected chi connectivity index (χ1v) is 10.7. The van der Waals surface area contributed by atoms with Crippen LogP contribution in [-0.4, -0.2) is 66.0 Å². The van der Waals surface area contributed by atoms with Crippen molar-refractivity contribution in [1.82, 2.24) is 10.2 Å². The van der Waals surface area contributed by atoms with E-state index in [0.29, 0.717) is 26.1 Å². The number of carbonyl (C=O) groups is 1. The molecule has 2 saturated heterocycles. The minimum Gasteiger partial charge on any atom is -0.489 e. The Morgan fingerprint density at radius 3 is 2.79 bits per heavy atom. The first kappa shape index (κ1) is 20.4. The number of piperidine rings is 1. The van der Waals surface area contributed by atoms with E-state index in [1.54, 1.807) is 0 Å². The monoisotopic (exact) mass is 400 g/mol. The van der Waals surface area contributed by atoms with E-state index in [1.807, 2.05) is 32.0 Å². The predicted molar refractivity (Wildman–Crippen MR) is 112 cm³/mol. The van der Waals surface area contributed by atoms with Gasteiger partial charge in [0.2, 0.25) is 5.91 Å². The summed E-state index contributed by atoms with van der Waals surface area (Å²) in [6, 6.07) is 7.79. The molecule has 4 rings (SSSR count). The second-order valence-electron chi connectivity index (χ2n) is 8.91. The van der Waals surface area contributed by atoms with Crippen molar-refractivity contribution in [3.63, 3.8) is 0 Å². The third-order valence-corrected chi connectivity index (χ3v) is 6.53. The number of fused-ring (bicyclic) bond motifs is 1. The zero-order chi connectivity index (χ0) is 20.5. The first-order chi connectivity index (χ1) is 13.9. The summed E-state index contributed by atoms with van der Waals surface area (Å²) in [6.07, 6.45) is 5.00. The summed E-state index contributed by atoms with van der Waals surface area (Å²) >= 11 is 0. The first-order valence-electron chi connectivity index (χ1n) is 10.7. The molecule has 0 aliphatic carbocycles. The Labute approximate surface area is 172 Å². The molecular weight excluding hydrogens is 368 g/mol. The molecular formula is C23H32N2O4. The van der Waals surface area contributed by atoms with E-state index in [4.69, 9.17) is 9.47 Å². The zero-order valence-electron chi connectivity index (χ0n) is 17.4. The lowest BCUT2D eigenvalue weighted by molar-refractivity contribution is -0.188. The van der Waals surface area contributed by atoms with Crippen molar-refractivity contribution in [1.29, 1.82) is 0 Å². The Balaban J connectivity index is 1.33. The van der Waals surface area contributed by atoms with Crippen molar-refractivity contribution < 1.29 is 19.4 Å². The maximum Gasteiger partial charge on any atom is 0.220 e. The van der Waals surface area contributed by atoms with Crippen LogP contribution >= 0.6 is 0 Å². The molecule has 3 aliphatic rings. The molecule has 6 nitrogen and oxygen atoms in total. The van der Waals surface area contributed by atoms with E-state index in [1.165, 1.54) is 5.57 Å². The number of amides is 1. The SMILES string of the molecule is CCC(=O)N[C@H]1COC2(CCN(CC3=Cc4ccccc4OC3)CC2)C[C@]1(C)O. The Morgan fingerprint density at radius 1 is 1.31 bits per heavy atom. The predicted octanol–water partition coefficient (Wildman–Crippen LogP) is 2.36. The Kier molecular flexibility index (Phi) is 5.69. The molecule has 158 valence electrons. The third-order valence-electron chi connectivity index (χ3n) is 6.53. The Hall–Kier alpha value is -1.89. The normalized spacial score (nSPS) is 28.9. The smallest absolute Gasteiger partial charge is 0.220 e. The van der Waals surface area contributed by atoms with Crippen molar-refractivity contribution in [2.45, 2.75) is 56.8 Å². The van der Waals surface area contributed by atoms with E-state index in [0.717, 1.165) is 43.8 Å². The number of hydrogen-bond acceptors (Lipinski definition) is 5. The van der Waals surface area contributed by atoms with Gasteiger partial charge in [0, 0.05) is 38.0 Å². The molecule has 2 fully saturated rings. The van der Waals surface area contributed by atoms with Crippen molar-refractivity contribution in [2.75, 3.05) is 32.8 Å². The third kappa shape index (κ3) is 4.49. The highest BCUT2D eigenvalue weighted by molar-refractivity contribution is 5.76. The summed E-state index contributed by atoms with van der Waals surface area (Å²) < 4.78 is 12.1. The fourth-order valence-corrected chi connectivity index (χ4v) is 4.74. The van der Waals surface area contributed by atoms with Crippen molar-refractivity contribution in [3.8, 4) is 5.75 Å². The van der Waals surface area contributed by atoms with Crippen LogP contribution in [0.2, 0.25) is 0 Å². The summed E-state index contributed by atoms with van der Waals surface area (Å²) in [7, 11) is 0. The second-order valence-corrected chi connectivity index (χ2v) is 8.91. The van der Waals surface area contributed by atoms with Crippen LogP contribution < -0.4 is 10.1 Å². The second kappa shape index (κ2) is 8.09. The number of hydrogen-bond donors (Lipinski definition) is 2. The van der Waals surface area contributed by atoms with Gasteiger partial charge in [0.15, 0.2) is 0 Å². The standard InChI is InChI=1S/C23H32N2O4/c1-3-21(26)24-20-15-29-23(16-22(20,2)27)8-10-25(11-9-23)13-17-12-18-6-4-5-7-19(18)28-14-17/h4-7,12,20,27H,3,8-11,13-16H2,1-2H3,(H,24,26)/t20-,22-/m0/s1. The average Bonchev–Trinajstić information content (AvgIpc) is 2.71.